The molecule has 0 aliphatic rings. The van der Waals surface area contributed by atoms with Gasteiger partial charge in [-0.3, -0.25) is 10.1 Å². The average molecular weight is 466 g/mol. The zero-order chi connectivity index (χ0) is 20.4. The number of fused-ring (bicyclic) bond motifs is 1. The first-order valence-corrected chi connectivity index (χ1v) is 10.0. The summed E-state index contributed by atoms with van der Waals surface area (Å²) in [7, 11) is 0. The highest BCUT2D eigenvalue weighted by molar-refractivity contribution is 9.10. The number of thiocarbonyl (C=S) groups is 1. The van der Waals surface area contributed by atoms with E-state index in [2.05, 4.69) is 31.5 Å². The summed E-state index contributed by atoms with van der Waals surface area (Å²) in [6.07, 6.45) is 0. The predicted molar refractivity (Wildman–Crippen MR) is 122 cm³/mol. The third-order valence-electron chi connectivity index (χ3n) is 4.34. The van der Waals surface area contributed by atoms with E-state index in [4.69, 9.17) is 16.6 Å². The molecule has 0 aliphatic heterocycles. The standard InChI is InChI=1S/C22H16BrN3O2S/c1-13-9-10-15(21-24-17-7-2-3-8-19(17)28-21)12-18(13)25-22(29)26-20(27)14-5-4-6-16(23)11-14/h2-12H,1H3,(H2,25,26,27,29). The number of rotatable bonds is 3. The second-order valence-corrected chi connectivity index (χ2v) is 7.76. The lowest BCUT2D eigenvalue weighted by Crippen LogP contribution is -2.34. The number of carbonyl (C=O) groups excluding carboxylic acids is 1. The molecule has 0 unspecified atom stereocenters. The fourth-order valence-electron chi connectivity index (χ4n) is 2.84. The number of aryl methyl sites for hydroxylation is 1. The number of benzene rings is 3. The highest BCUT2D eigenvalue weighted by atomic mass is 79.9. The molecule has 0 bridgehead atoms. The zero-order valence-electron chi connectivity index (χ0n) is 15.4. The van der Waals surface area contributed by atoms with E-state index in [-0.39, 0.29) is 11.0 Å². The molecule has 2 N–H and O–H groups in total. The summed E-state index contributed by atoms with van der Waals surface area (Å²) >= 11 is 8.68. The topological polar surface area (TPSA) is 67.2 Å². The Morgan fingerprint density at radius 1 is 1.07 bits per heavy atom. The molecular formula is C22H16BrN3O2S. The molecule has 144 valence electrons. The van der Waals surface area contributed by atoms with Crippen LogP contribution in [0.4, 0.5) is 5.69 Å². The van der Waals surface area contributed by atoms with Crippen LogP contribution in [0.25, 0.3) is 22.6 Å². The summed E-state index contributed by atoms with van der Waals surface area (Å²) in [5, 5.41) is 6.00. The van der Waals surface area contributed by atoms with Crippen LogP contribution in [-0.2, 0) is 0 Å². The summed E-state index contributed by atoms with van der Waals surface area (Å²) < 4.78 is 6.67. The quantitative estimate of drug-likeness (QED) is 0.380. The lowest BCUT2D eigenvalue weighted by molar-refractivity contribution is 0.0977. The Morgan fingerprint density at radius 3 is 2.69 bits per heavy atom. The second kappa shape index (κ2) is 8.14. The first kappa shape index (κ1) is 19.3. The van der Waals surface area contributed by atoms with Crippen LogP contribution in [0.15, 0.2) is 75.6 Å². The first-order chi connectivity index (χ1) is 14.0. The van der Waals surface area contributed by atoms with Crippen LogP contribution in [0.3, 0.4) is 0 Å². The average Bonchev–Trinajstić information content (AvgIpc) is 3.14. The molecule has 1 amide bonds. The van der Waals surface area contributed by atoms with Gasteiger partial charge < -0.3 is 9.73 Å². The Kier molecular flexibility index (Phi) is 5.42. The van der Waals surface area contributed by atoms with Crippen molar-refractivity contribution in [1.29, 1.82) is 0 Å². The van der Waals surface area contributed by atoms with Crippen molar-refractivity contribution < 1.29 is 9.21 Å². The number of amides is 1. The van der Waals surface area contributed by atoms with Gasteiger partial charge in [-0.05, 0) is 67.2 Å². The van der Waals surface area contributed by atoms with Crippen molar-refractivity contribution in [2.24, 2.45) is 0 Å². The van der Waals surface area contributed by atoms with E-state index in [0.717, 1.165) is 32.4 Å². The Labute approximate surface area is 181 Å². The zero-order valence-corrected chi connectivity index (χ0v) is 17.8. The molecule has 5 nitrogen and oxygen atoms in total. The Balaban J connectivity index is 1.53. The summed E-state index contributed by atoms with van der Waals surface area (Å²) in [5.74, 6) is 0.245. The van der Waals surface area contributed by atoms with Gasteiger partial charge in [-0.25, -0.2) is 4.98 Å². The molecule has 0 aliphatic carbocycles. The number of hydrogen-bond acceptors (Lipinski definition) is 4. The molecule has 7 heteroatoms. The van der Waals surface area contributed by atoms with Gasteiger partial charge in [0.2, 0.25) is 5.89 Å². The lowest BCUT2D eigenvalue weighted by atomic mass is 10.1. The molecule has 0 radical (unpaired) electrons. The highest BCUT2D eigenvalue weighted by Crippen LogP contribution is 2.28. The summed E-state index contributed by atoms with van der Waals surface area (Å²) in [6.45, 7) is 1.96. The van der Waals surface area contributed by atoms with Gasteiger partial charge in [0.05, 0.1) is 0 Å². The molecule has 0 fully saturated rings. The molecule has 4 rings (SSSR count). The number of hydrogen-bond donors (Lipinski definition) is 2. The fraction of sp³-hybridized carbons (Fsp3) is 0.0455. The van der Waals surface area contributed by atoms with Crippen molar-refractivity contribution in [1.82, 2.24) is 10.3 Å². The molecule has 1 aromatic heterocycles. The van der Waals surface area contributed by atoms with E-state index in [0.29, 0.717) is 11.5 Å². The molecule has 29 heavy (non-hydrogen) atoms. The number of para-hydroxylation sites is 2. The first-order valence-electron chi connectivity index (χ1n) is 8.84. The summed E-state index contributed by atoms with van der Waals surface area (Å²) in [4.78, 5) is 16.9. The Morgan fingerprint density at radius 2 is 1.90 bits per heavy atom. The smallest absolute Gasteiger partial charge is 0.257 e. The van der Waals surface area contributed by atoms with E-state index < -0.39 is 0 Å². The number of nitrogens with zero attached hydrogens (tertiary/aromatic N) is 1. The molecular weight excluding hydrogens is 450 g/mol. The minimum Gasteiger partial charge on any atom is -0.436 e. The molecule has 4 aromatic rings. The largest absolute Gasteiger partial charge is 0.436 e. The van der Waals surface area contributed by atoms with Crippen LogP contribution in [-0.4, -0.2) is 16.0 Å². The van der Waals surface area contributed by atoms with Crippen LogP contribution in [0.2, 0.25) is 0 Å². The molecule has 3 aromatic carbocycles. The van der Waals surface area contributed by atoms with Gasteiger partial charge in [0.25, 0.3) is 5.91 Å². The molecule has 0 atom stereocenters. The minimum atomic E-state index is -0.281. The van der Waals surface area contributed by atoms with Crippen LogP contribution in [0, 0.1) is 6.92 Å². The van der Waals surface area contributed by atoms with Gasteiger partial charge in [0.15, 0.2) is 10.7 Å². The maximum Gasteiger partial charge on any atom is 0.257 e. The van der Waals surface area contributed by atoms with E-state index in [1.165, 1.54) is 0 Å². The molecule has 1 heterocycles. The van der Waals surface area contributed by atoms with Gasteiger partial charge >= 0.3 is 0 Å². The lowest BCUT2D eigenvalue weighted by Gasteiger charge is -2.12. The molecule has 0 saturated carbocycles. The van der Waals surface area contributed by atoms with Crippen molar-refractivity contribution in [3.8, 4) is 11.5 Å². The number of aromatic nitrogens is 1. The number of carbonyl (C=O) groups is 1. The normalized spacial score (nSPS) is 10.7. The number of halogens is 1. The fourth-order valence-corrected chi connectivity index (χ4v) is 3.45. The molecule has 0 spiro atoms. The molecule has 0 saturated heterocycles. The van der Waals surface area contributed by atoms with E-state index >= 15 is 0 Å². The minimum absolute atomic E-state index is 0.216. The van der Waals surface area contributed by atoms with Crippen molar-refractivity contribution in [3.63, 3.8) is 0 Å². The van der Waals surface area contributed by atoms with Crippen LogP contribution in [0.1, 0.15) is 15.9 Å². The maximum atomic E-state index is 12.4. The van der Waals surface area contributed by atoms with E-state index in [9.17, 15) is 4.79 Å². The van der Waals surface area contributed by atoms with Crippen LogP contribution >= 0.6 is 28.1 Å². The number of nitrogens with one attached hydrogen (secondary N) is 2. The van der Waals surface area contributed by atoms with Gasteiger partial charge in [0, 0.05) is 21.3 Å². The number of anilines is 1. The second-order valence-electron chi connectivity index (χ2n) is 6.44. The summed E-state index contributed by atoms with van der Waals surface area (Å²) in [5.41, 5.74) is 4.60. The Bertz CT molecular complexity index is 1200. The van der Waals surface area contributed by atoms with Crippen molar-refractivity contribution in [3.05, 3.63) is 82.3 Å². The van der Waals surface area contributed by atoms with Crippen LogP contribution in [0.5, 0.6) is 0 Å². The van der Waals surface area contributed by atoms with Crippen molar-refractivity contribution in [2.45, 2.75) is 6.92 Å². The monoisotopic (exact) mass is 465 g/mol. The van der Waals surface area contributed by atoms with E-state index in [1.54, 1.807) is 18.2 Å². The van der Waals surface area contributed by atoms with Crippen molar-refractivity contribution >= 4 is 56.0 Å². The van der Waals surface area contributed by atoms with Gasteiger partial charge in [0.1, 0.15) is 5.52 Å². The van der Waals surface area contributed by atoms with Crippen LogP contribution < -0.4 is 10.6 Å². The highest BCUT2D eigenvalue weighted by Gasteiger charge is 2.12. The number of oxazole rings is 1. The third-order valence-corrected chi connectivity index (χ3v) is 5.04. The maximum absolute atomic E-state index is 12.4. The van der Waals surface area contributed by atoms with Crippen molar-refractivity contribution in [2.75, 3.05) is 5.32 Å². The SMILES string of the molecule is Cc1ccc(-c2nc3ccccc3o2)cc1NC(=S)NC(=O)c1cccc(Br)c1. The predicted octanol–water partition coefficient (Wildman–Crippen LogP) is 5.69. The summed E-state index contributed by atoms with van der Waals surface area (Å²) in [6, 6.07) is 20.5. The Hall–Kier alpha value is -3.03. The van der Waals surface area contributed by atoms with Gasteiger partial charge in [-0.1, -0.05) is 40.2 Å². The van der Waals surface area contributed by atoms with Gasteiger partial charge in [-0.15, -0.1) is 0 Å². The van der Waals surface area contributed by atoms with E-state index in [1.807, 2.05) is 55.5 Å². The van der Waals surface area contributed by atoms with Gasteiger partial charge in [-0.2, -0.15) is 0 Å². The third kappa shape index (κ3) is 4.36.